The van der Waals surface area contributed by atoms with Crippen molar-refractivity contribution in [1.29, 1.82) is 0 Å². The first-order valence-electron chi connectivity index (χ1n) is 9.93. The molecule has 0 N–H and O–H groups in total. The Hall–Kier alpha value is -2.94. The van der Waals surface area contributed by atoms with E-state index in [4.69, 9.17) is 4.52 Å². The highest BCUT2D eigenvalue weighted by molar-refractivity contribution is 7.89. The van der Waals surface area contributed by atoms with E-state index in [0.29, 0.717) is 12.2 Å². The monoisotopic (exact) mass is 428 g/mol. The summed E-state index contributed by atoms with van der Waals surface area (Å²) in [4.78, 5) is 17.9. The quantitative estimate of drug-likeness (QED) is 0.632. The van der Waals surface area contributed by atoms with Gasteiger partial charge in [0, 0.05) is 19.2 Å². The Morgan fingerprint density at radius 1 is 1.13 bits per heavy atom. The molecule has 4 rings (SSSR count). The fraction of sp³-hybridized carbons (Fsp3) is 0.381. The molecule has 2 aromatic heterocycles. The van der Waals surface area contributed by atoms with Crippen molar-refractivity contribution in [2.45, 2.75) is 51.0 Å². The van der Waals surface area contributed by atoms with E-state index < -0.39 is 15.9 Å². The van der Waals surface area contributed by atoms with Crippen LogP contribution >= 0.6 is 0 Å². The van der Waals surface area contributed by atoms with Gasteiger partial charge in [-0.1, -0.05) is 41.9 Å². The molecule has 0 unspecified atom stereocenters. The minimum absolute atomic E-state index is 0.0769. The topological polar surface area (TPSA) is 98.3 Å². The number of nitrogens with zero attached hydrogens (tertiary/aromatic N) is 4. The second-order valence-electron chi connectivity index (χ2n) is 7.49. The van der Waals surface area contributed by atoms with Crippen LogP contribution in [0.3, 0.4) is 0 Å². The number of fused-ring (bicyclic) bond motifs is 1. The van der Waals surface area contributed by atoms with E-state index in [9.17, 15) is 13.2 Å². The SMILES string of the molecule is Cc1noc(C)c1S(=O)(=O)N(C)C(=O)c1nc(-c2ccccc2)n2c1CCCCC2. The number of hydrogen-bond acceptors (Lipinski definition) is 6. The number of rotatable bonds is 4. The molecule has 1 aliphatic heterocycles. The van der Waals surface area contributed by atoms with Gasteiger partial charge in [0.05, 0.1) is 5.69 Å². The van der Waals surface area contributed by atoms with Crippen molar-refractivity contribution in [3.05, 3.63) is 53.2 Å². The number of aromatic nitrogens is 3. The zero-order chi connectivity index (χ0) is 21.5. The van der Waals surface area contributed by atoms with Crippen molar-refractivity contribution < 1.29 is 17.7 Å². The van der Waals surface area contributed by atoms with E-state index in [1.807, 2.05) is 30.3 Å². The van der Waals surface area contributed by atoms with Gasteiger partial charge in [-0.15, -0.1) is 0 Å². The first-order valence-corrected chi connectivity index (χ1v) is 11.4. The average Bonchev–Trinajstić information content (AvgIpc) is 3.17. The van der Waals surface area contributed by atoms with Crippen molar-refractivity contribution in [2.75, 3.05) is 7.05 Å². The normalized spacial score (nSPS) is 14.2. The van der Waals surface area contributed by atoms with Crippen LogP contribution in [0, 0.1) is 13.8 Å². The number of carbonyl (C=O) groups excluding carboxylic acids is 1. The van der Waals surface area contributed by atoms with Crippen molar-refractivity contribution >= 4 is 15.9 Å². The predicted octanol–water partition coefficient (Wildman–Crippen LogP) is 3.34. The van der Waals surface area contributed by atoms with Gasteiger partial charge < -0.3 is 9.09 Å². The third kappa shape index (κ3) is 3.32. The summed E-state index contributed by atoms with van der Waals surface area (Å²) in [6.07, 6.45) is 3.65. The lowest BCUT2D eigenvalue weighted by Gasteiger charge is -2.17. The Bertz CT molecular complexity index is 1180. The number of imidazole rings is 1. The Kier molecular flexibility index (Phi) is 5.23. The van der Waals surface area contributed by atoms with Gasteiger partial charge in [0.25, 0.3) is 15.9 Å². The van der Waals surface area contributed by atoms with Crippen molar-refractivity contribution in [1.82, 2.24) is 19.0 Å². The molecule has 0 saturated heterocycles. The summed E-state index contributed by atoms with van der Waals surface area (Å²) in [5, 5.41) is 3.71. The summed E-state index contributed by atoms with van der Waals surface area (Å²) in [6, 6.07) is 9.65. The van der Waals surface area contributed by atoms with E-state index >= 15 is 0 Å². The van der Waals surface area contributed by atoms with Gasteiger partial charge in [-0.25, -0.2) is 17.7 Å². The van der Waals surface area contributed by atoms with Crippen LogP contribution in [0.5, 0.6) is 0 Å². The van der Waals surface area contributed by atoms with Gasteiger partial charge in [0.15, 0.2) is 16.3 Å². The second-order valence-corrected chi connectivity index (χ2v) is 9.40. The largest absolute Gasteiger partial charge is 0.360 e. The highest BCUT2D eigenvalue weighted by atomic mass is 32.2. The van der Waals surface area contributed by atoms with Crippen LogP contribution in [0.4, 0.5) is 0 Å². The zero-order valence-corrected chi connectivity index (χ0v) is 18.1. The third-order valence-corrected chi connectivity index (χ3v) is 7.46. The van der Waals surface area contributed by atoms with E-state index in [1.54, 1.807) is 0 Å². The molecular weight excluding hydrogens is 404 g/mol. The van der Waals surface area contributed by atoms with Gasteiger partial charge in [0.1, 0.15) is 11.5 Å². The fourth-order valence-corrected chi connectivity index (χ4v) is 5.33. The molecule has 9 heteroatoms. The molecule has 0 spiro atoms. The van der Waals surface area contributed by atoms with E-state index in [0.717, 1.165) is 41.4 Å². The van der Waals surface area contributed by atoms with Gasteiger partial charge in [-0.2, -0.15) is 0 Å². The van der Waals surface area contributed by atoms with Crippen LogP contribution in [-0.2, 0) is 23.0 Å². The molecule has 3 heterocycles. The summed E-state index contributed by atoms with van der Waals surface area (Å²) in [6.45, 7) is 3.80. The van der Waals surface area contributed by atoms with Crippen LogP contribution in [0.15, 0.2) is 39.8 Å². The van der Waals surface area contributed by atoms with Gasteiger partial charge in [-0.3, -0.25) is 4.79 Å². The maximum atomic E-state index is 13.4. The molecule has 0 fully saturated rings. The number of sulfonamides is 1. The molecule has 3 aromatic rings. The van der Waals surface area contributed by atoms with Crippen LogP contribution in [0.1, 0.15) is 46.9 Å². The lowest BCUT2D eigenvalue weighted by molar-refractivity contribution is 0.0877. The Labute approximate surface area is 175 Å². The average molecular weight is 429 g/mol. The molecule has 0 atom stereocenters. The summed E-state index contributed by atoms with van der Waals surface area (Å²) in [7, 11) is -2.86. The van der Waals surface area contributed by atoms with E-state index in [-0.39, 0.29) is 22.0 Å². The summed E-state index contributed by atoms with van der Waals surface area (Å²) in [5.74, 6) is 0.197. The smallest absolute Gasteiger partial charge is 0.287 e. The number of aryl methyl sites for hydroxylation is 2. The van der Waals surface area contributed by atoms with Crippen molar-refractivity contribution in [2.24, 2.45) is 0 Å². The number of carbonyl (C=O) groups is 1. The molecule has 1 aliphatic rings. The molecule has 0 aliphatic carbocycles. The lowest BCUT2D eigenvalue weighted by Crippen LogP contribution is -2.34. The van der Waals surface area contributed by atoms with Gasteiger partial charge in [-0.05, 0) is 33.1 Å². The van der Waals surface area contributed by atoms with E-state index in [1.165, 1.54) is 20.9 Å². The predicted molar refractivity (Wildman–Crippen MR) is 110 cm³/mol. The molecule has 158 valence electrons. The van der Waals surface area contributed by atoms with E-state index in [2.05, 4.69) is 14.7 Å². The molecule has 0 bridgehead atoms. The summed E-state index contributed by atoms with van der Waals surface area (Å²) < 4.78 is 34.1. The molecular formula is C21H24N4O4S. The van der Waals surface area contributed by atoms with Crippen molar-refractivity contribution in [3.63, 3.8) is 0 Å². The molecule has 0 radical (unpaired) electrons. The maximum Gasteiger partial charge on any atom is 0.287 e. The molecule has 0 saturated carbocycles. The highest BCUT2D eigenvalue weighted by Crippen LogP contribution is 2.29. The van der Waals surface area contributed by atoms with Crippen LogP contribution in [-0.4, -0.2) is 40.4 Å². The highest BCUT2D eigenvalue weighted by Gasteiger charge is 2.35. The molecule has 8 nitrogen and oxygen atoms in total. The summed E-state index contributed by atoms with van der Waals surface area (Å²) in [5.41, 5.74) is 2.10. The van der Waals surface area contributed by atoms with Crippen LogP contribution < -0.4 is 0 Å². The number of benzene rings is 1. The Morgan fingerprint density at radius 3 is 2.53 bits per heavy atom. The Balaban J connectivity index is 1.80. The maximum absolute atomic E-state index is 13.4. The Morgan fingerprint density at radius 2 is 1.87 bits per heavy atom. The standard InChI is InChI=1S/C21H24N4O4S/c1-14-19(15(2)29-23-14)30(27,28)24(3)21(26)18-17-12-8-5-9-13-25(17)20(22-18)16-10-6-4-7-11-16/h4,6-7,10-11H,5,8-9,12-13H2,1-3H3. The first kappa shape index (κ1) is 20.3. The minimum atomic E-state index is -4.12. The van der Waals surface area contributed by atoms with Crippen molar-refractivity contribution in [3.8, 4) is 11.4 Å². The zero-order valence-electron chi connectivity index (χ0n) is 17.3. The number of amides is 1. The minimum Gasteiger partial charge on any atom is -0.360 e. The van der Waals surface area contributed by atoms with Crippen LogP contribution in [0.2, 0.25) is 0 Å². The lowest BCUT2D eigenvalue weighted by atomic mass is 10.1. The third-order valence-electron chi connectivity index (χ3n) is 5.47. The van der Waals surface area contributed by atoms with Crippen LogP contribution in [0.25, 0.3) is 11.4 Å². The first-order chi connectivity index (χ1) is 14.3. The van der Waals surface area contributed by atoms with Gasteiger partial charge in [0.2, 0.25) is 0 Å². The molecule has 1 aromatic carbocycles. The second kappa shape index (κ2) is 7.71. The molecule has 30 heavy (non-hydrogen) atoms. The molecule has 1 amide bonds. The summed E-state index contributed by atoms with van der Waals surface area (Å²) >= 11 is 0. The van der Waals surface area contributed by atoms with Gasteiger partial charge >= 0.3 is 0 Å². The fourth-order valence-electron chi connectivity index (χ4n) is 3.94. The number of hydrogen-bond donors (Lipinski definition) is 0.